The van der Waals surface area contributed by atoms with E-state index in [1.165, 1.54) is 12.1 Å². The number of imidazole rings is 1. The average Bonchev–Trinajstić information content (AvgIpc) is 3.17. The zero-order valence-electron chi connectivity index (χ0n) is 11.8. The lowest BCUT2D eigenvalue weighted by Gasteiger charge is -2.16. The van der Waals surface area contributed by atoms with Crippen molar-refractivity contribution in [1.29, 1.82) is 0 Å². The number of nitrogens with zero attached hydrogens (tertiary/aromatic N) is 4. The molecule has 7 heteroatoms. The van der Waals surface area contributed by atoms with Gasteiger partial charge in [-0.05, 0) is 24.1 Å². The van der Waals surface area contributed by atoms with E-state index in [9.17, 15) is 4.39 Å². The van der Waals surface area contributed by atoms with Crippen LogP contribution in [0.1, 0.15) is 17.9 Å². The van der Waals surface area contributed by atoms with Crippen molar-refractivity contribution in [2.24, 2.45) is 0 Å². The molecule has 0 unspecified atom stereocenters. The lowest BCUT2D eigenvalue weighted by atomic mass is 9.99. The van der Waals surface area contributed by atoms with Gasteiger partial charge in [-0.1, -0.05) is 12.1 Å². The Morgan fingerprint density at radius 2 is 2.05 bits per heavy atom. The maximum Gasteiger partial charge on any atom is 0.229 e. The fraction of sp³-hybridized carbons (Fsp3) is 0.267. The van der Waals surface area contributed by atoms with Gasteiger partial charge in [0.25, 0.3) is 0 Å². The molecule has 2 aromatic heterocycles. The number of nitrogens with two attached hydrogens (primary N) is 1. The lowest BCUT2D eigenvalue weighted by Crippen LogP contribution is -2.22. The van der Waals surface area contributed by atoms with Gasteiger partial charge in [-0.2, -0.15) is 9.97 Å². The third kappa shape index (κ3) is 2.14. The van der Waals surface area contributed by atoms with Gasteiger partial charge >= 0.3 is 0 Å². The Hall–Kier alpha value is -2.70. The van der Waals surface area contributed by atoms with E-state index in [1.807, 2.05) is 12.1 Å². The summed E-state index contributed by atoms with van der Waals surface area (Å²) in [6, 6.07) is 6.69. The Kier molecular flexibility index (Phi) is 2.92. The van der Waals surface area contributed by atoms with Crippen molar-refractivity contribution in [1.82, 2.24) is 19.9 Å². The number of nitrogens with one attached hydrogen (secondary N) is 1. The van der Waals surface area contributed by atoms with Crippen molar-refractivity contribution in [3.8, 4) is 0 Å². The quantitative estimate of drug-likeness (QED) is 0.756. The van der Waals surface area contributed by atoms with Gasteiger partial charge in [-0.3, -0.25) is 0 Å². The molecule has 3 heterocycles. The third-order valence-corrected chi connectivity index (χ3v) is 4.11. The van der Waals surface area contributed by atoms with Crippen LogP contribution >= 0.6 is 0 Å². The number of anilines is 2. The maximum atomic E-state index is 13.0. The molecule has 0 aliphatic carbocycles. The van der Waals surface area contributed by atoms with E-state index in [2.05, 4.69) is 24.8 Å². The molecule has 6 nitrogen and oxygen atoms in total. The molecule has 1 saturated heterocycles. The second-order valence-corrected chi connectivity index (χ2v) is 5.49. The molecule has 0 amide bonds. The Balaban J connectivity index is 1.59. The minimum Gasteiger partial charge on any atom is -0.382 e. The number of fused-ring (bicyclic) bond motifs is 1. The molecule has 3 N–H and O–H groups in total. The highest BCUT2D eigenvalue weighted by Crippen LogP contribution is 2.30. The SMILES string of the molecule is Nc1nc(N2CC[C@H](c3ccc(F)cc3)C2)nc2nc[nH]c12. The monoisotopic (exact) mass is 298 g/mol. The van der Waals surface area contributed by atoms with Gasteiger partial charge in [0.15, 0.2) is 11.5 Å². The lowest BCUT2D eigenvalue weighted by molar-refractivity contribution is 0.625. The van der Waals surface area contributed by atoms with Gasteiger partial charge in [0, 0.05) is 19.0 Å². The second kappa shape index (κ2) is 4.94. The Labute approximate surface area is 126 Å². The van der Waals surface area contributed by atoms with Crippen molar-refractivity contribution in [3.05, 3.63) is 42.0 Å². The van der Waals surface area contributed by atoms with E-state index in [-0.39, 0.29) is 5.82 Å². The minimum atomic E-state index is -0.210. The molecule has 1 atom stereocenters. The number of hydrogen-bond acceptors (Lipinski definition) is 5. The number of halogens is 1. The second-order valence-electron chi connectivity index (χ2n) is 5.49. The first-order valence-electron chi connectivity index (χ1n) is 7.18. The molecule has 112 valence electrons. The van der Waals surface area contributed by atoms with Crippen LogP contribution in [0, 0.1) is 5.82 Å². The molecule has 4 rings (SSSR count). The van der Waals surface area contributed by atoms with Crippen LogP contribution in [0.4, 0.5) is 16.2 Å². The van der Waals surface area contributed by atoms with E-state index < -0.39 is 0 Å². The maximum absolute atomic E-state index is 13.0. The molecule has 1 aliphatic rings. The van der Waals surface area contributed by atoms with Crippen LogP contribution in [0.25, 0.3) is 11.2 Å². The molecule has 0 saturated carbocycles. The van der Waals surface area contributed by atoms with Gasteiger partial charge in [0.05, 0.1) is 6.33 Å². The van der Waals surface area contributed by atoms with Crippen molar-refractivity contribution in [3.63, 3.8) is 0 Å². The predicted octanol–water partition coefficient (Wildman–Crippen LogP) is 2.07. The molecule has 0 bridgehead atoms. The summed E-state index contributed by atoms with van der Waals surface area (Å²) in [6.45, 7) is 1.64. The normalized spacial score (nSPS) is 18.2. The summed E-state index contributed by atoms with van der Waals surface area (Å²) in [5.74, 6) is 1.14. The van der Waals surface area contributed by atoms with Gasteiger partial charge < -0.3 is 15.6 Å². The first kappa shape index (κ1) is 13.0. The topological polar surface area (TPSA) is 83.7 Å². The van der Waals surface area contributed by atoms with E-state index in [1.54, 1.807) is 6.33 Å². The summed E-state index contributed by atoms with van der Waals surface area (Å²) < 4.78 is 13.0. The van der Waals surface area contributed by atoms with Crippen LogP contribution in [-0.2, 0) is 0 Å². The molecular weight excluding hydrogens is 283 g/mol. The van der Waals surface area contributed by atoms with E-state index in [0.29, 0.717) is 28.8 Å². The van der Waals surface area contributed by atoms with Crippen molar-refractivity contribution in [2.75, 3.05) is 23.7 Å². The summed E-state index contributed by atoms with van der Waals surface area (Å²) in [6.07, 6.45) is 2.54. The predicted molar refractivity (Wildman–Crippen MR) is 82.1 cm³/mol. The smallest absolute Gasteiger partial charge is 0.229 e. The number of aromatic amines is 1. The van der Waals surface area contributed by atoms with Gasteiger partial charge in [-0.25, -0.2) is 9.37 Å². The Morgan fingerprint density at radius 1 is 1.23 bits per heavy atom. The van der Waals surface area contributed by atoms with Crippen molar-refractivity contribution in [2.45, 2.75) is 12.3 Å². The minimum absolute atomic E-state index is 0.210. The van der Waals surface area contributed by atoms with Crippen LogP contribution in [0.5, 0.6) is 0 Å². The van der Waals surface area contributed by atoms with Crippen LogP contribution in [0.3, 0.4) is 0 Å². The first-order chi connectivity index (χ1) is 10.7. The highest BCUT2D eigenvalue weighted by molar-refractivity contribution is 5.82. The Morgan fingerprint density at radius 3 is 2.86 bits per heavy atom. The highest BCUT2D eigenvalue weighted by atomic mass is 19.1. The molecule has 1 fully saturated rings. The van der Waals surface area contributed by atoms with E-state index in [4.69, 9.17) is 5.73 Å². The molecule has 1 aliphatic heterocycles. The largest absolute Gasteiger partial charge is 0.382 e. The number of aromatic nitrogens is 4. The van der Waals surface area contributed by atoms with Crippen LogP contribution in [0.15, 0.2) is 30.6 Å². The standard InChI is InChI=1S/C15H15FN6/c16-11-3-1-9(2-4-11)10-5-6-22(7-10)15-20-13(17)12-14(21-15)19-8-18-12/h1-4,8,10H,5-7H2,(H3,17,18,19,20,21)/t10-/m0/s1. The van der Waals surface area contributed by atoms with E-state index >= 15 is 0 Å². The highest BCUT2D eigenvalue weighted by Gasteiger charge is 2.26. The third-order valence-electron chi connectivity index (χ3n) is 4.11. The number of nitrogen functional groups attached to an aromatic ring is 1. The van der Waals surface area contributed by atoms with Crippen LogP contribution < -0.4 is 10.6 Å². The van der Waals surface area contributed by atoms with Gasteiger partial charge in [-0.15, -0.1) is 0 Å². The summed E-state index contributed by atoms with van der Waals surface area (Å²) in [5, 5.41) is 0. The number of H-pyrrole nitrogens is 1. The molecule has 1 aromatic carbocycles. The summed E-state index contributed by atoms with van der Waals surface area (Å²) in [4.78, 5) is 18.0. The Bertz CT molecular complexity index is 813. The zero-order chi connectivity index (χ0) is 15.1. The van der Waals surface area contributed by atoms with Crippen molar-refractivity contribution >= 4 is 22.9 Å². The number of benzene rings is 1. The molecule has 0 spiro atoms. The van der Waals surface area contributed by atoms with Crippen LogP contribution in [0.2, 0.25) is 0 Å². The zero-order valence-corrected chi connectivity index (χ0v) is 11.8. The fourth-order valence-electron chi connectivity index (χ4n) is 2.93. The van der Waals surface area contributed by atoms with E-state index in [0.717, 1.165) is 25.1 Å². The summed E-state index contributed by atoms with van der Waals surface area (Å²) in [7, 11) is 0. The van der Waals surface area contributed by atoms with Gasteiger partial charge in [0.2, 0.25) is 5.95 Å². The average molecular weight is 298 g/mol. The fourth-order valence-corrected chi connectivity index (χ4v) is 2.93. The summed E-state index contributed by atoms with van der Waals surface area (Å²) in [5.41, 5.74) is 8.32. The van der Waals surface area contributed by atoms with Crippen molar-refractivity contribution < 1.29 is 4.39 Å². The molecule has 3 aromatic rings. The molecule has 22 heavy (non-hydrogen) atoms. The first-order valence-corrected chi connectivity index (χ1v) is 7.18. The number of hydrogen-bond donors (Lipinski definition) is 2. The number of rotatable bonds is 2. The molecular formula is C15H15FN6. The van der Waals surface area contributed by atoms with Gasteiger partial charge in [0.1, 0.15) is 11.3 Å². The van der Waals surface area contributed by atoms with Crippen LogP contribution in [-0.4, -0.2) is 33.0 Å². The molecule has 0 radical (unpaired) electrons. The summed E-state index contributed by atoms with van der Waals surface area (Å²) >= 11 is 0.